The molecular weight excluding hydrogens is 310 g/mol. The average Bonchev–Trinajstić information content (AvgIpc) is 2.85. The first-order valence-electron chi connectivity index (χ1n) is 7.07. The second-order valence-corrected chi connectivity index (χ2v) is 5.44. The van der Waals surface area contributed by atoms with Crippen molar-refractivity contribution < 1.29 is 28.3 Å². The summed E-state index contributed by atoms with van der Waals surface area (Å²) >= 11 is 0. The molecule has 2 N–H and O–H groups in total. The van der Waals surface area contributed by atoms with Crippen LogP contribution in [0.2, 0.25) is 0 Å². The summed E-state index contributed by atoms with van der Waals surface area (Å²) in [5, 5.41) is 11.2. The molecule has 2 atom stereocenters. The Morgan fingerprint density at radius 2 is 1.96 bits per heavy atom. The summed E-state index contributed by atoms with van der Waals surface area (Å²) in [6, 6.07) is 2.74. The largest absolute Gasteiger partial charge is 0.481 e. The van der Waals surface area contributed by atoms with Crippen LogP contribution in [0.4, 0.5) is 14.5 Å². The molecule has 1 aliphatic heterocycles. The maximum atomic E-state index is 13.2. The lowest BCUT2D eigenvalue weighted by molar-refractivity contribution is -0.141. The van der Waals surface area contributed by atoms with Gasteiger partial charge >= 0.3 is 5.97 Å². The predicted octanol–water partition coefficient (Wildman–Crippen LogP) is 1.15. The molecule has 0 spiro atoms. The van der Waals surface area contributed by atoms with E-state index in [1.54, 1.807) is 0 Å². The van der Waals surface area contributed by atoms with E-state index in [1.165, 1.54) is 6.92 Å². The molecule has 1 aliphatic rings. The van der Waals surface area contributed by atoms with Gasteiger partial charge in [-0.15, -0.1) is 0 Å². The minimum Gasteiger partial charge on any atom is -0.481 e. The fourth-order valence-electron chi connectivity index (χ4n) is 2.34. The van der Waals surface area contributed by atoms with Crippen molar-refractivity contribution in [3.05, 3.63) is 29.8 Å². The first-order chi connectivity index (χ1) is 10.8. The average molecular weight is 326 g/mol. The molecule has 1 saturated heterocycles. The summed E-state index contributed by atoms with van der Waals surface area (Å²) in [5.41, 5.74) is 0.0571. The number of nitrogens with zero attached hydrogens (tertiary/aromatic N) is 1. The number of hydrogen-bond acceptors (Lipinski definition) is 3. The molecule has 0 aliphatic carbocycles. The van der Waals surface area contributed by atoms with Crippen molar-refractivity contribution >= 4 is 23.5 Å². The van der Waals surface area contributed by atoms with Crippen molar-refractivity contribution in [2.24, 2.45) is 11.8 Å². The van der Waals surface area contributed by atoms with Crippen molar-refractivity contribution in [2.75, 3.05) is 18.0 Å². The fourth-order valence-corrected chi connectivity index (χ4v) is 2.34. The summed E-state index contributed by atoms with van der Waals surface area (Å²) in [4.78, 5) is 36.1. The van der Waals surface area contributed by atoms with Gasteiger partial charge in [0.25, 0.3) is 0 Å². The molecule has 0 saturated carbocycles. The fraction of sp³-hybridized carbons (Fsp3) is 0.400. The predicted molar refractivity (Wildman–Crippen MR) is 76.6 cm³/mol. The topological polar surface area (TPSA) is 86.7 Å². The Kier molecular flexibility index (Phi) is 4.92. The summed E-state index contributed by atoms with van der Waals surface area (Å²) < 4.78 is 26.5. The SMILES string of the molecule is C[C@@H](CNC(=O)[C@H]1CCN(c2cc(F)cc(F)c2)C1=O)C(=O)O. The van der Waals surface area contributed by atoms with E-state index in [1.807, 2.05) is 0 Å². The van der Waals surface area contributed by atoms with E-state index in [9.17, 15) is 23.2 Å². The van der Waals surface area contributed by atoms with Gasteiger partial charge in [0, 0.05) is 24.8 Å². The molecule has 1 aromatic rings. The lowest BCUT2D eigenvalue weighted by Crippen LogP contribution is -2.39. The molecule has 0 bridgehead atoms. The molecule has 1 heterocycles. The van der Waals surface area contributed by atoms with Crippen LogP contribution >= 0.6 is 0 Å². The van der Waals surface area contributed by atoms with E-state index in [2.05, 4.69) is 5.32 Å². The zero-order valence-corrected chi connectivity index (χ0v) is 12.4. The van der Waals surface area contributed by atoms with E-state index < -0.39 is 41.3 Å². The number of carboxylic acid groups (broad SMARTS) is 1. The van der Waals surface area contributed by atoms with Crippen molar-refractivity contribution in [3.8, 4) is 0 Å². The van der Waals surface area contributed by atoms with Gasteiger partial charge in [0.2, 0.25) is 11.8 Å². The van der Waals surface area contributed by atoms with E-state index in [0.29, 0.717) is 6.07 Å². The minimum atomic E-state index is -1.06. The van der Waals surface area contributed by atoms with Gasteiger partial charge in [0.05, 0.1) is 5.92 Å². The maximum absolute atomic E-state index is 13.2. The van der Waals surface area contributed by atoms with Crippen molar-refractivity contribution in [1.82, 2.24) is 5.32 Å². The van der Waals surface area contributed by atoms with Crippen molar-refractivity contribution in [1.29, 1.82) is 0 Å². The lowest BCUT2D eigenvalue weighted by atomic mass is 10.1. The molecular formula is C15H16F2N2O4. The molecule has 0 unspecified atom stereocenters. The number of carbonyl (C=O) groups excluding carboxylic acids is 2. The third-order valence-corrected chi connectivity index (χ3v) is 3.69. The van der Waals surface area contributed by atoms with E-state index in [4.69, 9.17) is 5.11 Å². The Bertz CT molecular complexity index is 630. The number of carboxylic acids is 1. The summed E-state index contributed by atoms with van der Waals surface area (Å²) in [6.45, 7) is 1.50. The molecule has 6 nitrogen and oxygen atoms in total. The number of amides is 2. The molecule has 1 fully saturated rings. The van der Waals surface area contributed by atoms with Crippen LogP contribution in [-0.2, 0) is 14.4 Å². The normalized spacial score (nSPS) is 18.8. The number of hydrogen-bond donors (Lipinski definition) is 2. The van der Waals surface area contributed by atoms with Crippen LogP contribution < -0.4 is 10.2 Å². The summed E-state index contributed by atoms with van der Waals surface area (Å²) in [7, 11) is 0. The highest BCUT2D eigenvalue weighted by atomic mass is 19.1. The zero-order valence-electron chi connectivity index (χ0n) is 12.4. The van der Waals surface area contributed by atoms with Gasteiger partial charge in [-0.2, -0.15) is 0 Å². The molecule has 0 radical (unpaired) electrons. The Morgan fingerprint density at radius 1 is 1.35 bits per heavy atom. The second kappa shape index (κ2) is 6.72. The number of aliphatic carboxylic acids is 1. The standard InChI is InChI=1S/C15H16F2N2O4/c1-8(15(22)23)7-18-13(20)12-2-3-19(14(12)21)11-5-9(16)4-10(17)6-11/h4-6,8,12H,2-3,7H2,1H3,(H,18,20)(H,22,23)/t8-,12+/m0/s1. The lowest BCUT2D eigenvalue weighted by Gasteiger charge is -2.17. The first-order valence-corrected chi connectivity index (χ1v) is 7.07. The number of rotatable bonds is 5. The Hall–Kier alpha value is -2.51. The molecule has 23 heavy (non-hydrogen) atoms. The number of nitrogens with one attached hydrogen (secondary N) is 1. The maximum Gasteiger partial charge on any atom is 0.308 e. The number of halogens is 2. The highest BCUT2D eigenvalue weighted by Crippen LogP contribution is 2.26. The highest BCUT2D eigenvalue weighted by Gasteiger charge is 2.38. The van der Waals surface area contributed by atoms with Crippen LogP contribution in [0.5, 0.6) is 0 Å². The van der Waals surface area contributed by atoms with Crippen molar-refractivity contribution in [3.63, 3.8) is 0 Å². The van der Waals surface area contributed by atoms with Gasteiger partial charge < -0.3 is 15.3 Å². The highest BCUT2D eigenvalue weighted by molar-refractivity contribution is 6.09. The quantitative estimate of drug-likeness (QED) is 0.795. The van der Waals surface area contributed by atoms with E-state index in [-0.39, 0.29) is 25.2 Å². The number of carbonyl (C=O) groups is 3. The second-order valence-electron chi connectivity index (χ2n) is 5.44. The molecule has 2 rings (SSSR count). The van der Waals surface area contributed by atoms with Gasteiger partial charge in [-0.25, -0.2) is 8.78 Å². The Morgan fingerprint density at radius 3 is 2.52 bits per heavy atom. The monoisotopic (exact) mass is 326 g/mol. The molecule has 0 aromatic heterocycles. The van der Waals surface area contributed by atoms with Crippen LogP contribution in [0.1, 0.15) is 13.3 Å². The van der Waals surface area contributed by atoms with Crippen LogP contribution in [-0.4, -0.2) is 36.0 Å². The van der Waals surface area contributed by atoms with Gasteiger partial charge in [-0.1, -0.05) is 6.92 Å². The van der Waals surface area contributed by atoms with E-state index in [0.717, 1.165) is 17.0 Å². The smallest absolute Gasteiger partial charge is 0.308 e. The Balaban J connectivity index is 2.03. The molecule has 8 heteroatoms. The van der Waals surface area contributed by atoms with E-state index >= 15 is 0 Å². The number of anilines is 1. The van der Waals surface area contributed by atoms with Gasteiger partial charge in [0.15, 0.2) is 0 Å². The summed E-state index contributed by atoms with van der Waals surface area (Å²) in [5.74, 6) is -5.57. The molecule has 2 amide bonds. The van der Waals surface area contributed by atoms with Gasteiger partial charge in [-0.05, 0) is 18.6 Å². The first kappa shape index (κ1) is 16.9. The number of benzene rings is 1. The third kappa shape index (κ3) is 3.82. The van der Waals surface area contributed by atoms with Crippen molar-refractivity contribution in [2.45, 2.75) is 13.3 Å². The van der Waals surface area contributed by atoms with Crippen LogP contribution in [0, 0.1) is 23.5 Å². The van der Waals surface area contributed by atoms with Crippen LogP contribution in [0.3, 0.4) is 0 Å². The minimum absolute atomic E-state index is 0.0571. The Labute approximate surface area is 131 Å². The molecule has 124 valence electrons. The van der Waals surface area contributed by atoms with Gasteiger partial charge in [-0.3, -0.25) is 14.4 Å². The van der Waals surface area contributed by atoms with Crippen LogP contribution in [0.15, 0.2) is 18.2 Å². The third-order valence-electron chi connectivity index (χ3n) is 3.69. The zero-order chi connectivity index (χ0) is 17.1. The van der Waals surface area contributed by atoms with Gasteiger partial charge in [0.1, 0.15) is 17.6 Å². The van der Waals surface area contributed by atoms with Crippen LogP contribution in [0.25, 0.3) is 0 Å². The summed E-state index contributed by atoms with van der Waals surface area (Å²) in [6.07, 6.45) is 0.199. The molecule has 1 aromatic carbocycles.